The number of nitrogens with zero attached hydrogens (tertiary/aromatic N) is 2. The van der Waals surface area contributed by atoms with Crippen LogP contribution in [0.4, 0.5) is 0 Å². The van der Waals surface area contributed by atoms with Gasteiger partial charge in [-0.2, -0.15) is 0 Å². The van der Waals surface area contributed by atoms with Crippen molar-refractivity contribution in [2.75, 3.05) is 6.61 Å². The number of carbonyl (C=O) groups is 1. The van der Waals surface area contributed by atoms with Crippen LogP contribution in [0.15, 0.2) is 12.1 Å². The molecule has 0 radical (unpaired) electrons. The third kappa shape index (κ3) is 3.87. The van der Waals surface area contributed by atoms with Crippen LogP contribution < -0.4 is 5.32 Å². The molecule has 0 atom stereocenters. The maximum atomic E-state index is 11.9. The summed E-state index contributed by atoms with van der Waals surface area (Å²) in [7, 11) is 0. The first kappa shape index (κ1) is 14.7. The Bertz CT molecular complexity index is 652. The first-order chi connectivity index (χ1) is 9.70. The standard InChI is InChI=1S/C13H13N3O2S2/c1-9-12(20-16-15-9)13(18)14-8-11-6-5-10(19-11)4-2-3-7-17/h5-6,17H,3,7-8H2,1H3,(H,14,18). The number of hydrogen-bond donors (Lipinski definition) is 2. The molecule has 7 heteroatoms. The average molecular weight is 307 g/mol. The lowest BCUT2D eigenvalue weighted by Crippen LogP contribution is -2.22. The summed E-state index contributed by atoms with van der Waals surface area (Å²) in [6, 6.07) is 3.85. The number of rotatable bonds is 4. The van der Waals surface area contributed by atoms with Gasteiger partial charge in [-0.3, -0.25) is 4.79 Å². The number of hydrogen-bond acceptors (Lipinski definition) is 6. The molecular weight excluding hydrogens is 294 g/mol. The predicted octanol–water partition coefficient (Wildman–Crippen LogP) is 1.57. The van der Waals surface area contributed by atoms with Gasteiger partial charge in [-0.1, -0.05) is 16.3 Å². The summed E-state index contributed by atoms with van der Waals surface area (Å²) in [6.45, 7) is 2.30. The van der Waals surface area contributed by atoms with E-state index in [0.29, 0.717) is 23.5 Å². The minimum Gasteiger partial charge on any atom is -0.395 e. The van der Waals surface area contributed by atoms with Crippen molar-refractivity contribution in [3.05, 3.63) is 32.5 Å². The van der Waals surface area contributed by atoms with Crippen molar-refractivity contribution in [1.82, 2.24) is 14.9 Å². The van der Waals surface area contributed by atoms with E-state index in [9.17, 15) is 4.79 Å². The molecule has 2 aromatic rings. The van der Waals surface area contributed by atoms with E-state index in [2.05, 4.69) is 26.7 Å². The second kappa shape index (κ2) is 7.14. The summed E-state index contributed by atoms with van der Waals surface area (Å²) < 4.78 is 3.74. The molecule has 0 bridgehead atoms. The molecule has 0 unspecified atom stereocenters. The van der Waals surface area contributed by atoms with Crippen LogP contribution in [0.1, 0.15) is 31.5 Å². The van der Waals surface area contributed by atoms with Crippen LogP contribution in [0.5, 0.6) is 0 Å². The summed E-state index contributed by atoms with van der Waals surface area (Å²) in [6.07, 6.45) is 0.474. The highest BCUT2D eigenvalue weighted by Gasteiger charge is 2.12. The van der Waals surface area contributed by atoms with Crippen molar-refractivity contribution >= 4 is 28.8 Å². The van der Waals surface area contributed by atoms with Gasteiger partial charge in [0.25, 0.3) is 5.91 Å². The molecule has 2 heterocycles. The monoisotopic (exact) mass is 307 g/mol. The largest absolute Gasteiger partial charge is 0.395 e. The lowest BCUT2D eigenvalue weighted by molar-refractivity contribution is 0.0954. The maximum absolute atomic E-state index is 11.9. The van der Waals surface area contributed by atoms with Crippen LogP contribution in [0, 0.1) is 18.8 Å². The summed E-state index contributed by atoms with van der Waals surface area (Å²) in [5, 5.41) is 15.3. The molecule has 0 saturated carbocycles. The van der Waals surface area contributed by atoms with Gasteiger partial charge in [-0.15, -0.1) is 16.4 Å². The zero-order chi connectivity index (χ0) is 14.4. The highest BCUT2D eigenvalue weighted by molar-refractivity contribution is 7.12. The second-order valence-electron chi connectivity index (χ2n) is 3.91. The Morgan fingerprint density at radius 2 is 2.35 bits per heavy atom. The number of nitrogens with one attached hydrogen (secondary N) is 1. The molecule has 0 spiro atoms. The van der Waals surface area contributed by atoms with Crippen molar-refractivity contribution in [1.29, 1.82) is 0 Å². The molecule has 0 aliphatic rings. The van der Waals surface area contributed by atoms with Crippen LogP contribution in [0.3, 0.4) is 0 Å². The van der Waals surface area contributed by atoms with Gasteiger partial charge < -0.3 is 10.4 Å². The number of aryl methyl sites for hydroxylation is 1. The molecule has 2 N–H and O–H groups in total. The molecule has 20 heavy (non-hydrogen) atoms. The van der Waals surface area contributed by atoms with Crippen LogP contribution in [0.2, 0.25) is 0 Å². The van der Waals surface area contributed by atoms with Crippen molar-refractivity contribution in [2.45, 2.75) is 19.9 Å². The van der Waals surface area contributed by atoms with E-state index >= 15 is 0 Å². The molecule has 5 nitrogen and oxygen atoms in total. The number of thiophene rings is 1. The van der Waals surface area contributed by atoms with Crippen molar-refractivity contribution in [2.24, 2.45) is 0 Å². The lowest BCUT2D eigenvalue weighted by Gasteiger charge is -2.00. The van der Waals surface area contributed by atoms with Gasteiger partial charge in [-0.25, -0.2) is 0 Å². The first-order valence-corrected chi connectivity index (χ1v) is 7.55. The molecule has 0 saturated heterocycles. The van der Waals surface area contributed by atoms with Crippen LogP contribution in [-0.2, 0) is 6.54 Å². The van der Waals surface area contributed by atoms with E-state index in [-0.39, 0.29) is 12.5 Å². The fourth-order valence-electron chi connectivity index (χ4n) is 1.43. The van der Waals surface area contributed by atoms with Gasteiger partial charge in [0, 0.05) is 11.3 Å². The second-order valence-corrected chi connectivity index (χ2v) is 5.83. The highest BCUT2D eigenvalue weighted by Crippen LogP contribution is 2.16. The lowest BCUT2D eigenvalue weighted by atomic mass is 10.3. The van der Waals surface area contributed by atoms with Crippen LogP contribution in [-0.4, -0.2) is 27.2 Å². The Morgan fingerprint density at radius 1 is 1.50 bits per heavy atom. The van der Waals surface area contributed by atoms with Gasteiger partial charge >= 0.3 is 0 Å². The molecule has 0 aliphatic heterocycles. The van der Waals surface area contributed by atoms with Gasteiger partial charge in [0.1, 0.15) is 4.88 Å². The minimum atomic E-state index is -0.154. The molecule has 0 aromatic carbocycles. The molecule has 0 aliphatic carbocycles. The minimum absolute atomic E-state index is 0.0729. The Kier molecular flexibility index (Phi) is 5.24. The van der Waals surface area contributed by atoms with Crippen molar-refractivity contribution in [3.63, 3.8) is 0 Å². The van der Waals surface area contributed by atoms with E-state index in [1.54, 1.807) is 6.92 Å². The number of carbonyl (C=O) groups excluding carboxylic acids is 1. The predicted molar refractivity (Wildman–Crippen MR) is 78.7 cm³/mol. The summed E-state index contributed by atoms with van der Waals surface area (Å²) in [5.41, 5.74) is 0.647. The Hall–Kier alpha value is -1.75. The zero-order valence-electron chi connectivity index (χ0n) is 10.8. The summed E-state index contributed by atoms with van der Waals surface area (Å²) >= 11 is 2.62. The molecule has 2 aromatic heterocycles. The smallest absolute Gasteiger partial charge is 0.265 e. The van der Waals surface area contributed by atoms with Gasteiger partial charge in [0.05, 0.1) is 23.7 Å². The maximum Gasteiger partial charge on any atom is 0.265 e. The Labute approximate surface area is 124 Å². The van der Waals surface area contributed by atoms with Crippen LogP contribution in [0.25, 0.3) is 0 Å². The number of aliphatic hydroxyl groups excluding tert-OH is 1. The van der Waals surface area contributed by atoms with Gasteiger partial charge in [-0.05, 0) is 30.6 Å². The quantitative estimate of drug-likeness (QED) is 0.841. The van der Waals surface area contributed by atoms with Crippen molar-refractivity contribution < 1.29 is 9.90 Å². The number of amides is 1. The van der Waals surface area contributed by atoms with E-state index in [0.717, 1.165) is 21.3 Å². The fraction of sp³-hybridized carbons (Fsp3) is 0.308. The Balaban J connectivity index is 1.90. The number of aliphatic hydroxyl groups is 1. The SMILES string of the molecule is Cc1nnsc1C(=O)NCc1ccc(C#CCCO)s1. The van der Waals surface area contributed by atoms with E-state index in [1.807, 2.05) is 12.1 Å². The zero-order valence-corrected chi connectivity index (χ0v) is 12.5. The number of aromatic nitrogens is 2. The topological polar surface area (TPSA) is 75.1 Å². The van der Waals surface area contributed by atoms with Gasteiger partial charge in [0.2, 0.25) is 0 Å². The Morgan fingerprint density at radius 3 is 3.05 bits per heavy atom. The third-order valence-corrected chi connectivity index (χ3v) is 4.22. The van der Waals surface area contributed by atoms with E-state index in [1.165, 1.54) is 11.3 Å². The fourth-order valence-corrected chi connectivity index (χ4v) is 2.83. The molecule has 0 fully saturated rings. The highest BCUT2D eigenvalue weighted by atomic mass is 32.1. The average Bonchev–Trinajstić information content (AvgIpc) is 3.05. The van der Waals surface area contributed by atoms with Crippen molar-refractivity contribution in [3.8, 4) is 11.8 Å². The molecule has 1 amide bonds. The summed E-state index contributed by atoms with van der Waals surface area (Å²) in [4.78, 5) is 14.4. The van der Waals surface area contributed by atoms with E-state index in [4.69, 9.17) is 5.11 Å². The molecular formula is C13H13N3O2S2. The third-order valence-electron chi connectivity index (χ3n) is 2.39. The molecule has 104 valence electrons. The molecule has 2 rings (SSSR count). The normalized spacial score (nSPS) is 9.90. The van der Waals surface area contributed by atoms with Gasteiger partial charge in [0.15, 0.2) is 0 Å². The summed E-state index contributed by atoms with van der Waals surface area (Å²) in [5.74, 6) is 5.68. The van der Waals surface area contributed by atoms with E-state index < -0.39 is 0 Å². The van der Waals surface area contributed by atoms with Crippen LogP contribution >= 0.6 is 22.9 Å². The first-order valence-electron chi connectivity index (χ1n) is 5.96.